The molecule has 0 radical (unpaired) electrons. The number of aliphatic carboxylic acids is 1. The molecule has 0 bridgehead atoms. The van der Waals surface area contributed by atoms with Crippen LogP contribution in [0.15, 0.2) is 54.6 Å². The zero-order valence-electron chi connectivity index (χ0n) is 28.0. The lowest BCUT2D eigenvalue weighted by Gasteiger charge is -2.24. The summed E-state index contributed by atoms with van der Waals surface area (Å²) in [4.78, 5) is 61.8. The topological polar surface area (TPSA) is 229 Å². The van der Waals surface area contributed by atoms with E-state index in [2.05, 4.69) is 21.3 Å². The van der Waals surface area contributed by atoms with Gasteiger partial charge < -0.3 is 47.1 Å². The Balaban J connectivity index is 0.00000127. The van der Waals surface area contributed by atoms with Gasteiger partial charge in [-0.2, -0.15) is 11.8 Å². The number of carbonyl (C=O) groups is 5. The number of rotatable bonds is 16. The number of phenols is 1. The molecule has 0 unspecified atom stereocenters. The van der Waals surface area contributed by atoms with Crippen LogP contribution in [0.1, 0.15) is 45.2 Å². The second-order valence-electron chi connectivity index (χ2n) is 11.9. The number of benzene rings is 2. The van der Waals surface area contributed by atoms with Crippen LogP contribution in [0.4, 0.5) is 4.79 Å². The maximum atomic E-state index is 13.0. The molecule has 0 spiro atoms. The zero-order valence-corrected chi connectivity index (χ0v) is 28.8. The first-order chi connectivity index (χ1) is 22.5. The van der Waals surface area contributed by atoms with E-state index < -0.39 is 60.1 Å². The molecule has 0 saturated carbocycles. The smallest absolute Gasteiger partial charge is 0.408 e. The molecule has 0 heterocycles. The normalized spacial score (nSPS) is 13.3. The fourth-order valence-corrected chi connectivity index (χ4v) is 4.42. The summed E-state index contributed by atoms with van der Waals surface area (Å²) >= 11 is 1.75. The molecule has 14 nitrogen and oxygen atoms in total. The van der Waals surface area contributed by atoms with Crippen LogP contribution >= 0.6 is 11.8 Å². The van der Waals surface area contributed by atoms with Crippen LogP contribution < -0.4 is 27.0 Å². The highest BCUT2D eigenvalue weighted by Gasteiger charge is 2.28. The van der Waals surface area contributed by atoms with Gasteiger partial charge in [0.05, 0.1) is 13.2 Å². The molecule has 4 atom stereocenters. The molecule has 0 saturated heterocycles. The Labute approximate surface area is 285 Å². The number of nitrogens with one attached hydrogen (secondary N) is 4. The lowest BCUT2D eigenvalue weighted by molar-refractivity contribution is -0.141. The number of aromatic hydroxyl groups is 1. The van der Waals surface area contributed by atoms with Crippen molar-refractivity contribution in [3.8, 4) is 5.75 Å². The molecule has 4 amide bonds. The number of carboxylic acids is 1. The van der Waals surface area contributed by atoms with Gasteiger partial charge in [-0.3, -0.25) is 14.4 Å². The molecule has 0 aliphatic carbocycles. The molecule has 266 valence electrons. The van der Waals surface area contributed by atoms with Crippen molar-refractivity contribution in [2.75, 3.05) is 25.2 Å². The lowest BCUT2D eigenvalue weighted by Crippen LogP contribution is -2.55. The molecule has 2 rings (SSSR count). The van der Waals surface area contributed by atoms with E-state index in [0.717, 1.165) is 17.7 Å². The highest BCUT2D eigenvalue weighted by Crippen LogP contribution is 2.13. The van der Waals surface area contributed by atoms with Gasteiger partial charge in [-0.25, -0.2) is 9.59 Å². The summed E-state index contributed by atoms with van der Waals surface area (Å²) in [6.45, 7) is 6.01. The molecule has 15 heteroatoms. The number of alkyl carbamates (subject to hydrolysis) is 1. The second-order valence-corrected chi connectivity index (χ2v) is 12.9. The Hall–Kier alpha value is -4.34. The fraction of sp³-hybridized carbons (Fsp3) is 0.485. The molecular weight excluding hydrogens is 642 g/mol. The summed E-state index contributed by atoms with van der Waals surface area (Å²) < 4.78 is 5.24. The van der Waals surface area contributed by atoms with Crippen LogP contribution in [0.5, 0.6) is 5.75 Å². The summed E-state index contributed by atoms with van der Waals surface area (Å²) in [5.41, 5.74) is 5.94. The predicted octanol–water partition coefficient (Wildman–Crippen LogP) is 1.32. The average molecular weight is 692 g/mol. The quantitative estimate of drug-likeness (QED) is 0.125. The Morgan fingerprint density at radius 3 is 2.00 bits per heavy atom. The number of carboxylic acid groups (broad SMARTS) is 1. The van der Waals surface area contributed by atoms with Crippen molar-refractivity contribution >= 4 is 41.5 Å². The first-order valence-electron chi connectivity index (χ1n) is 15.3. The van der Waals surface area contributed by atoms with Crippen LogP contribution in [0.3, 0.4) is 0 Å². The van der Waals surface area contributed by atoms with Crippen molar-refractivity contribution in [2.24, 2.45) is 5.73 Å². The number of carbonyl (C=O) groups excluding carboxylic acids is 4. The molecule has 0 aliphatic rings. The SMILES string of the molecule is CSCC[C@H](N)CO.C[C@@H](NC(=O)[C@H](Cc1ccc(O)cc1)NC(=O)OC(C)(C)C)C(=O)NCC(=O)N[C@@H](Cc1ccccc1)C(=O)O. The molecule has 9 N–H and O–H groups in total. The van der Waals surface area contributed by atoms with E-state index >= 15 is 0 Å². The van der Waals surface area contributed by atoms with Crippen LogP contribution in [-0.4, -0.2) is 100 Å². The minimum atomic E-state index is -1.22. The number of nitrogens with two attached hydrogens (primary N) is 1. The van der Waals surface area contributed by atoms with E-state index in [1.807, 2.05) is 6.26 Å². The third-order valence-electron chi connectivity index (χ3n) is 6.40. The molecule has 0 fully saturated rings. The molecule has 0 aromatic heterocycles. The molecular formula is C33H49N5O9S. The Bertz CT molecular complexity index is 1310. The van der Waals surface area contributed by atoms with Crippen LogP contribution in [0.2, 0.25) is 0 Å². The van der Waals surface area contributed by atoms with Crippen LogP contribution in [0, 0.1) is 0 Å². The number of thioether (sulfide) groups is 1. The highest BCUT2D eigenvalue weighted by molar-refractivity contribution is 7.98. The van der Waals surface area contributed by atoms with Gasteiger partial charge in [0.1, 0.15) is 29.5 Å². The monoisotopic (exact) mass is 691 g/mol. The molecule has 48 heavy (non-hydrogen) atoms. The summed E-state index contributed by atoms with van der Waals surface area (Å²) in [5.74, 6) is -2.23. The fourth-order valence-electron chi connectivity index (χ4n) is 3.88. The van der Waals surface area contributed by atoms with Gasteiger partial charge >= 0.3 is 12.1 Å². The number of amides is 4. The number of ether oxygens (including phenoxy) is 1. The minimum absolute atomic E-state index is 0.0116. The van der Waals surface area contributed by atoms with E-state index in [-0.39, 0.29) is 31.2 Å². The minimum Gasteiger partial charge on any atom is -0.508 e. The van der Waals surface area contributed by atoms with E-state index in [1.54, 1.807) is 75.0 Å². The van der Waals surface area contributed by atoms with Crippen molar-refractivity contribution in [1.29, 1.82) is 0 Å². The van der Waals surface area contributed by atoms with Crippen molar-refractivity contribution in [3.63, 3.8) is 0 Å². The largest absolute Gasteiger partial charge is 0.508 e. The average Bonchev–Trinajstić information content (AvgIpc) is 3.02. The van der Waals surface area contributed by atoms with Crippen molar-refractivity contribution in [3.05, 3.63) is 65.7 Å². The van der Waals surface area contributed by atoms with Gasteiger partial charge in [-0.1, -0.05) is 42.5 Å². The van der Waals surface area contributed by atoms with Gasteiger partial charge in [0.15, 0.2) is 0 Å². The van der Waals surface area contributed by atoms with Crippen molar-refractivity contribution < 1.29 is 44.0 Å². The Morgan fingerprint density at radius 1 is 0.875 bits per heavy atom. The number of phenolic OH excluding ortho intramolecular Hbond substituents is 1. The maximum Gasteiger partial charge on any atom is 0.408 e. The van der Waals surface area contributed by atoms with Crippen LogP contribution in [0.25, 0.3) is 0 Å². The third kappa shape index (κ3) is 18.1. The summed E-state index contributed by atoms with van der Waals surface area (Å²) in [6.07, 6.45) is 2.22. The summed E-state index contributed by atoms with van der Waals surface area (Å²) in [6, 6.07) is 11.4. The zero-order chi connectivity index (χ0) is 36.3. The van der Waals surface area contributed by atoms with Gasteiger partial charge in [0.2, 0.25) is 17.7 Å². The Kier molecular flexibility index (Phi) is 18.7. The first kappa shape index (κ1) is 41.7. The maximum absolute atomic E-state index is 13.0. The van der Waals surface area contributed by atoms with E-state index in [1.165, 1.54) is 19.1 Å². The third-order valence-corrected chi connectivity index (χ3v) is 7.05. The van der Waals surface area contributed by atoms with E-state index in [4.69, 9.17) is 15.6 Å². The second kappa shape index (κ2) is 21.5. The van der Waals surface area contributed by atoms with Crippen LogP contribution in [-0.2, 0) is 36.8 Å². The van der Waals surface area contributed by atoms with Crippen molar-refractivity contribution in [1.82, 2.24) is 21.3 Å². The number of hydrogen-bond acceptors (Lipinski definition) is 10. The molecule has 2 aromatic carbocycles. The number of aliphatic hydroxyl groups excluding tert-OH is 1. The number of hydrogen-bond donors (Lipinski definition) is 8. The van der Waals surface area contributed by atoms with Crippen molar-refractivity contribution in [2.45, 2.75) is 76.7 Å². The molecule has 0 aliphatic heterocycles. The van der Waals surface area contributed by atoms with Gasteiger partial charge in [0.25, 0.3) is 0 Å². The van der Waals surface area contributed by atoms with Gasteiger partial charge in [-0.15, -0.1) is 0 Å². The molecule has 2 aromatic rings. The van der Waals surface area contributed by atoms with Gasteiger partial charge in [-0.05, 0) is 69.4 Å². The van der Waals surface area contributed by atoms with E-state index in [0.29, 0.717) is 5.56 Å². The summed E-state index contributed by atoms with van der Waals surface area (Å²) in [7, 11) is 0. The summed E-state index contributed by atoms with van der Waals surface area (Å²) in [5, 5.41) is 37.1. The Morgan fingerprint density at radius 2 is 1.46 bits per heavy atom. The van der Waals surface area contributed by atoms with Gasteiger partial charge in [0, 0.05) is 18.9 Å². The number of aliphatic hydroxyl groups is 1. The highest BCUT2D eigenvalue weighted by atomic mass is 32.2. The first-order valence-corrected chi connectivity index (χ1v) is 16.7. The lowest BCUT2D eigenvalue weighted by atomic mass is 10.0. The predicted molar refractivity (Wildman–Crippen MR) is 183 cm³/mol. The van der Waals surface area contributed by atoms with E-state index in [9.17, 15) is 34.2 Å². The standard InChI is InChI=1S/C28H36N4O8.C5H13NOS/c1-17(24(35)29-16-23(34)31-22(26(37)38)15-18-8-6-5-7-9-18)30-25(36)21(32-27(39)40-28(2,3)4)14-19-10-12-20(33)13-11-19;1-8-3-2-5(6)4-7/h5-13,17,21-22,33H,14-16H2,1-4H3,(H,29,35)(H,30,36)(H,31,34)(H,32,39)(H,37,38);5,7H,2-4,6H2,1H3/t17-,21+,22+;5-/m10/s1.